The second-order valence-electron chi connectivity index (χ2n) is 3.19. The Kier molecular flexibility index (Phi) is 7.03. The third-order valence-electron chi connectivity index (χ3n) is 1.92. The van der Waals surface area contributed by atoms with Crippen LogP contribution < -0.4 is 0 Å². The fourth-order valence-corrected chi connectivity index (χ4v) is 0.921. The molecular weight excluding hydrogens is 250 g/mol. The summed E-state index contributed by atoms with van der Waals surface area (Å²) in [4.78, 5) is 13.6. The quantitative estimate of drug-likeness (QED) is 0.137. The molecule has 10 nitrogen and oxygen atoms in total. The van der Waals surface area contributed by atoms with Crippen molar-refractivity contribution in [2.45, 2.75) is 24.4 Å². The summed E-state index contributed by atoms with van der Waals surface area (Å²) in [5.74, 6) is -1.44. The fraction of sp³-hybridized carbons (Fsp3) is 0.875. The van der Waals surface area contributed by atoms with E-state index in [0.717, 1.165) is 0 Å². The number of carbonyl (C=O) groups is 1. The van der Waals surface area contributed by atoms with Gasteiger partial charge in [0.25, 0.3) is 0 Å². The summed E-state index contributed by atoms with van der Waals surface area (Å²) in [7, 11) is 0. The molecule has 0 bridgehead atoms. The minimum atomic E-state index is -2.23. The lowest BCUT2D eigenvalue weighted by atomic mass is 10.0. The van der Waals surface area contributed by atoms with E-state index in [0.29, 0.717) is 0 Å². The first-order chi connectivity index (χ1) is 8.84. The molecule has 18 heavy (non-hydrogen) atoms. The molecule has 0 aromatic carbocycles. The molecule has 0 spiro atoms. The molecular formula is C8H15N3O7. The lowest BCUT2D eigenvalue weighted by Crippen LogP contribution is -2.49. The fourth-order valence-electron chi connectivity index (χ4n) is 0.921. The maximum atomic E-state index is 11.2. The van der Waals surface area contributed by atoms with Gasteiger partial charge in [-0.2, -0.15) is 0 Å². The van der Waals surface area contributed by atoms with Crippen molar-refractivity contribution in [3.63, 3.8) is 0 Å². The van der Waals surface area contributed by atoms with Crippen molar-refractivity contribution in [1.82, 2.24) is 0 Å². The Morgan fingerprint density at radius 3 is 2.50 bits per heavy atom. The maximum Gasteiger partial charge on any atom is 0.337 e. The van der Waals surface area contributed by atoms with Crippen molar-refractivity contribution in [1.29, 1.82) is 0 Å². The second kappa shape index (κ2) is 8.64. The van der Waals surface area contributed by atoms with Gasteiger partial charge in [0.15, 0.2) is 6.10 Å². The number of carbonyl (C=O) groups excluding carboxylic acids is 1. The number of azide groups is 1. The van der Waals surface area contributed by atoms with Gasteiger partial charge in [-0.1, -0.05) is 5.11 Å². The topological polar surface area (TPSA) is 176 Å². The van der Waals surface area contributed by atoms with Crippen molar-refractivity contribution in [3.05, 3.63) is 10.4 Å². The molecule has 104 valence electrons. The highest BCUT2D eigenvalue weighted by atomic mass is 16.5. The molecule has 0 amide bonds. The Bertz CT molecular complexity index is 338. The summed E-state index contributed by atoms with van der Waals surface area (Å²) in [6, 6.07) is 0. The molecule has 5 atom stereocenters. The number of esters is 1. The predicted octanol–water partition coefficient (Wildman–Crippen LogP) is -2.72. The molecule has 0 saturated carbocycles. The van der Waals surface area contributed by atoms with Gasteiger partial charge in [-0.05, 0) is 5.53 Å². The summed E-state index contributed by atoms with van der Waals surface area (Å²) >= 11 is 0. The Hall–Kier alpha value is -1.42. The Morgan fingerprint density at radius 1 is 1.39 bits per heavy atom. The minimum absolute atomic E-state index is 0.493. The zero-order valence-electron chi connectivity index (χ0n) is 10.2. The molecule has 1 unspecified atom stereocenters. The molecule has 0 fully saturated rings. The van der Waals surface area contributed by atoms with E-state index < -0.39 is 50.1 Å². The second-order valence-corrected chi connectivity index (χ2v) is 3.19. The lowest BCUT2D eigenvalue weighted by molar-refractivity contribution is -0.170. The van der Waals surface area contributed by atoms with Crippen LogP contribution in [0.3, 0.4) is 0 Å². The first kappa shape index (κ1) is 14.6. The number of ether oxygens (including phenoxy) is 1. The number of nitrogens with zero attached hydrogens (tertiary/aromatic N) is 3. The van der Waals surface area contributed by atoms with Crippen LogP contribution in [0.2, 0.25) is 0 Å². The van der Waals surface area contributed by atoms with Gasteiger partial charge >= 0.3 is 5.97 Å². The van der Waals surface area contributed by atoms with Crippen molar-refractivity contribution >= 4 is 5.97 Å². The standard InChI is InChI=1S/C8H15N3O7/c9-11-10-1-2-18-8(17)7(16)6(15)5(14)4(13)3-12/h4-7,12-16H,1-3H2/t4-,5-,6+,7+/m1/s1/i2D/t2?,4-,5-,6+,7+. The number of rotatable bonds is 8. The summed E-state index contributed by atoms with van der Waals surface area (Å²) in [6.45, 7) is -2.96. The van der Waals surface area contributed by atoms with Crippen LogP contribution in [-0.4, -0.2) is 75.7 Å². The number of hydrogen-bond acceptors (Lipinski definition) is 8. The number of hydrogen-bond donors (Lipinski definition) is 5. The van der Waals surface area contributed by atoms with Gasteiger partial charge in [0.1, 0.15) is 18.3 Å². The van der Waals surface area contributed by atoms with E-state index in [2.05, 4.69) is 14.8 Å². The van der Waals surface area contributed by atoms with Crippen LogP contribution >= 0.6 is 0 Å². The summed E-state index contributed by atoms with van der Waals surface area (Å²) in [5, 5.41) is 48.4. The average molecular weight is 266 g/mol. The smallest absolute Gasteiger partial charge is 0.337 e. The molecule has 0 aromatic rings. The van der Waals surface area contributed by atoms with Crippen molar-refractivity contribution in [3.8, 4) is 0 Å². The van der Waals surface area contributed by atoms with Crippen LogP contribution in [0.15, 0.2) is 5.11 Å². The van der Waals surface area contributed by atoms with Gasteiger partial charge in [0.05, 0.1) is 21.1 Å². The third-order valence-corrected chi connectivity index (χ3v) is 1.92. The Balaban J connectivity index is 4.42. The van der Waals surface area contributed by atoms with Gasteiger partial charge < -0.3 is 30.3 Å². The highest BCUT2D eigenvalue weighted by Crippen LogP contribution is 2.06. The van der Waals surface area contributed by atoms with Gasteiger partial charge in [-0.3, -0.25) is 0 Å². The van der Waals surface area contributed by atoms with Crippen molar-refractivity contribution in [2.75, 3.05) is 19.7 Å². The molecule has 0 aliphatic rings. The number of aliphatic hydroxyl groups excluding tert-OH is 5. The predicted molar refractivity (Wildman–Crippen MR) is 56.1 cm³/mol. The number of aliphatic hydroxyl groups is 5. The molecule has 0 radical (unpaired) electrons. The first-order valence-electron chi connectivity index (χ1n) is 5.39. The Morgan fingerprint density at radius 2 is 2.00 bits per heavy atom. The molecule has 0 aromatic heterocycles. The van der Waals surface area contributed by atoms with Crippen LogP contribution in [0, 0.1) is 0 Å². The minimum Gasteiger partial charge on any atom is -0.464 e. The highest BCUT2D eigenvalue weighted by molar-refractivity contribution is 5.75. The maximum absolute atomic E-state index is 11.2. The van der Waals surface area contributed by atoms with Gasteiger partial charge in [-0.15, -0.1) is 0 Å². The van der Waals surface area contributed by atoms with E-state index in [1.54, 1.807) is 0 Å². The molecule has 0 rings (SSSR count). The molecule has 0 aliphatic heterocycles. The van der Waals surface area contributed by atoms with Crippen molar-refractivity contribution in [2.24, 2.45) is 5.11 Å². The molecule has 10 heteroatoms. The molecule has 0 aliphatic carbocycles. The molecule has 0 saturated heterocycles. The largest absolute Gasteiger partial charge is 0.464 e. The van der Waals surface area contributed by atoms with E-state index in [-0.39, 0.29) is 0 Å². The average Bonchev–Trinajstić information content (AvgIpc) is 2.41. The van der Waals surface area contributed by atoms with Crippen LogP contribution in [0.1, 0.15) is 1.37 Å². The van der Waals surface area contributed by atoms with E-state index in [1.807, 2.05) is 0 Å². The first-order valence-corrected chi connectivity index (χ1v) is 4.81. The van der Waals surface area contributed by atoms with Gasteiger partial charge in [-0.25, -0.2) is 4.79 Å². The zero-order chi connectivity index (χ0) is 15.0. The lowest BCUT2D eigenvalue weighted by Gasteiger charge is -2.24. The van der Waals surface area contributed by atoms with Gasteiger partial charge in [0.2, 0.25) is 0 Å². The van der Waals surface area contributed by atoms with Crippen molar-refractivity contribution < 1.29 is 36.4 Å². The SMILES string of the molecule is [2H]C(CN=[N+]=[N-])OC(=O)[C@@H](O)[C@@H](O)[C@H](O)[C@H](O)CO. The molecule has 0 heterocycles. The monoisotopic (exact) mass is 266 g/mol. The zero-order valence-corrected chi connectivity index (χ0v) is 9.20. The van der Waals surface area contributed by atoms with E-state index in [9.17, 15) is 20.1 Å². The summed E-state index contributed by atoms with van der Waals surface area (Å²) in [5.41, 5.74) is 7.97. The van der Waals surface area contributed by atoms with Gasteiger partial charge in [0, 0.05) is 4.91 Å². The van der Waals surface area contributed by atoms with Crippen LogP contribution in [-0.2, 0) is 9.53 Å². The van der Waals surface area contributed by atoms with E-state index >= 15 is 0 Å². The Labute approximate surface area is 103 Å². The van der Waals surface area contributed by atoms with E-state index in [1.165, 1.54) is 0 Å². The highest BCUT2D eigenvalue weighted by Gasteiger charge is 2.34. The summed E-state index contributed by atoms with van der Waals surface area (Å²) in [6.07, 6.45) is -8.07. The van der Waals surface area contributed by atoms with Crippen LogP contribution in [0.4, 0.5) is 0 Å². The summed E-state index contributed by atoms with van der Waals surface area (Å²) < 4.78 is 11.4. The third kappa shape index (κ3) is 5.27. The van der Waals surface area contributed by atoms with Crippen LogP contribution in [0.25, 0.3) is 10.4 Å². The van der Waals surface area contributed by atoms with Crippen LogP contribution in [0.5, 0.6) is 0 Å². The molecule has 5 N–H and O–H groups in total. The normalized spacial score (nSPS) is 19.7. The van der Waals surface area contributed by atoms with E-state index in [4.69, 9.17) is 17.1 Å².